The smallest absolute Gasteiger partial charge is 0.255 e. The monoisotopic (exact) mass is 358 g/mol. The van der Waals surface area contributed by atoms with E-state index < -0.39 is 0 Å². The van der Waals surface area contributed by atoms with Crippen molar-refractivity contribution in [2.45, 2.75) is 6.42 Å². The van der Waals surface area contributed by atoms with Crippen LogP contribution in [-0.4, -0.2) is 55.5 Å². The van der Waals surface area contributed by atoms with E-state index in [2.05, 4.69) is 11.0 Å². The summed E-state index contributed by atoms with van der Waals surface area (Å²) in [5, 5.41) is 0.520. The minimum Gasteiger partial charge on any atom is -0.496 e. The van der Waals surface area contributed by atoms with Gasteiger partial charge in [0.05, 0.1) is 17.7 Å². The van der Waals surface area contributed by atoms with E-state index in [1.807, 2.05) is 35.2 Å². The van der Waals surface area contributed by atoms with Crippen molar-refractivity contribution in [3.63, 3.8) is 0 Å². The predicted molar refractivity (Wildman–Crippen MR) is 100 cm³/mol. The van der Waals surface area contributed by atoms with Gasteiger partial charge in [0.25, 0.3) is 5.91 Å². The number of hydrogen-bond donors (Lipinski definition) is 0. The molecule has 2 aromatic carbocycles. The molecule has 3 rings (SSSR count). The predicted octanol–water partition coefficient (Wildman–Crippen LogP) is 3.35. The van der Waals surface area contributed by atoms with Crippen LogP contribution >= 0.6 is 11.6 Å². The summed E-state index contributed by atoms with van der Waals surface area (Å²) >= 11 is 6.14. The molecule has 1 aliphatic heterocycles. The fourth-order valence-electron chi connectivity index (χ4n) is 3.17. The van der Waals surface area contributed by atoms with Crippen molar-refractivity contribution in [1.29, 1.82) is 0 Å². The van der Waals surface area contributed by atoms with Gasteiger partial charge >= 0.3 is 0 Å². The summed E-state index contributed by atoms with van der Waals surface area (Å²) in [7, 11) is 1.71. The van der Waals surface area contributed by atoms with Crippen molar-refractivity contribution in [1.82, 2.24) is 9.80 Å². The van der Waals surface area contributed by atoms with Gasteiger partial charge in [0, 0.05) is 32.7 Å². The number of methoxy groups -OCH3 is 1. The van der Waals surface area contributed by atoms with Gasteiger partial charge in [-0.15, -0.1) is 0 Å². The van der Waals surface area contributed by atoms with Crippen LogP contribution in [0.25, 0.3) is 0 Å². The van der Waals surface area contributed by atoms with E-state index in [1.165, 1.54) is 5.56 Å². The summed E-state index contributed by atoms with van der Waals surface area (Å²) in [5.41, 5.74) is 1.81. The van der Waals surface area contributed by atoms with Gasteiger partial charge in [-0.3, -0.25) is 9.69 Å². The summed E-state index contributed by atoms with van der Waals surface area (Å²) in [5.74, 6) is 0.963. The van der Waals surface area contributed by atoms with Gasteiger partial charge in [0.15, 0.2) is 0 Å². The number of ether oxygens (including phenoxy) is 1. The Morgan fingerprint density at radius 1 is 1.04 bits per heavy atom. The van der Waals surface area contributed by atoms with Crippen LogP contribution < -0.4 is 4.74 Å². The van der Waals surface area contributed by atoms with Crippen LogP contribution in [0, 0.1) is 0 Å². The normalized spacial score (nSPS) is 15.2. The average Bonchev–Trinajstić information content (AvgIpc) is 2.67. The van der Waals surface area contributed by atoms with Crippen LogP contribution in [0.15, 0.2) is 48.5 Å². The van der Waals surface area contributed by atoms with Crippen molar-refractivity contribution in [3.05, 3.63) is 64.7 Å². The minimum atomic E-state index is 0.0231. The zero-order valence-corrected chi connectivity index (χ0v) is 15.2. The SMILES string of the molecule is COc1ccccc1CCN1CCN(C(=O)c2ccccc2Cl)CC1. The second-order valence-corrected chi connectivity index (χ2v) is 6.58. The lowest BCUT2D eigenvalue weighted by Gasteiger charge is -2.35. The number of halogens is 1. The number of nitrogens with zero attached hydrogens (tertiary/aromatic N) is 2. The molecule has 4 nitrogen and oxygen atoms in total. The number of rotatable bonds is 5. The molecular weight excluding hydrogens is 336 g/mol. The zero-order chi connectivity index (χ0) is 17.6. The Morgan fingerprint density at radius 3 is 2.44 bits per heavy atom. The first-order valence-corrected chi connectivity index (χ1v) is 8.95. The van der Waals surface area contributed by atoms with Gasteiger partial charge in [-0.2, -0.15) is 0 Å². The van der Waals surface area contributed by atoms with Gasteiger partial charge in [0.2, 0.25) is 0 Å². The molecule has 0 aliphatic carbocycles. The maximum Gasteiger partial charge on any atom is 0.255 e. The zero-order valence-electron chi connectivity index (χ0n) is 14.5. The highest BCUT2D eigenvalue weighted by atomic mass is 35.5. The standard InChI is InChI=1S/C20H23ClN2O2/c1-25-19-9-5-2-6-16(19)10-11-22-12-14-23(15-13-22)20(24)17-7-3-4-8-18(17)21/h2-9H,10-15H2,1H3. The number of benzene rings is 2. The van der Waals surface area contributed by atoms with E-state index in [9.17, 15) is 4.79 Å². The van der Waals surface area contributed by atoms with Gasteiger partial charge in [-0.25, -0.2) is 0 Å². The Kier molecular flexibility index (Phi) is 5.95. The van der Waals surface area contributed by atoms with E-state index >= 15 is 0 Å². The molecule has 0 atom stereocenters. The lowest BCUT2D eigenvalue weighted by molar-refractivity contribution is 0.0638. The van der Waals surface area contributed by atoms with Gasteiger partial charge in [-0.1, -0.05) is 41.9 Å². The Labute approximate surface area is 154 Å². The average molecular weight is 359 g/mol. The van der Waals surface area contributed by atoms with Crippen molar-refractivity contribution < 1.29 is 9.53 Å². The van der Waals surface area contributed by atoms with Gasteiger partial charge in [-0.05, 0) is 30.2 Å². The molecule has 1 aliphatic rings. The maximum atomic E-state index is 12.6. The summed E-state index contributed by atoms with van der Waals surface area (Å²) in [6.45, 7) is 4.19. The van der Waals surface area contributed by atoms with Gasteiger partial charge in [0.1, 0.15) is 5.75 Å². The largest absolute Gasteiger partial charge is 0.496 e. The number of amides is 1. The lowest BCUT2D eigenvalue weighted by atomic mass is 10.1. The molecule has 0 unspecified atom stereocenters. The summed E-state index contributed by atoms with van der Waals surface area (Å²) < 4.78 is 5.41. The number of carbonyl (C=O) groups is 1. The van der Waals surface area contributed by atoms with E-state index in [1.54, 1.807) is 19.2 Å². The molecule has 0 spiro atoms. The fraction of sp³-hybridized carbons (Fsp3) is 0.350. The Hall–Kier alpha value is -2.04. The van der Waals surface area contributed by atoms with Crippen molar-refractivity contribution in [2.24, 2.45) is 0 Å². The third kappa shape index (κ3) is 4.33. The number of para-hydroxylation sites is 1. The van der Waals surface area contributed by atoms with Crippen LogP contribution in [0.2, 0.25) is 5.02 Å². The molecule has 0 radical (unpaired) electrons. The fourth-order valence-corrected chi connectivity index (χ4v) is 3.38. The number of hydrogen-bond acceptors (Lipinski definition) is 3. The first-order chi connectivity index (χ1) is 12.2. The van der Waals surface area contributed by atoms with E-state index in [0.29, 0.717) is 10.6 Å². The third-order valence-electron chi connectivity index (χ3n) is 4.65. The summed E-state index contributed by atoms with van der Waals surface area (Å²) in [6.07, 6.45) is 0.947. The molecular formula is C20H23ClN2O2. The van der Waals surface area contributed by atoms with Crippen LogP contribution in [0.5, 0.6) is 5.75 Å². The van der Waals surface area contributed by atoms with Crippen LogP contribution in [0.1, 0.15) is 15.9 Å². The molecule has 0 N–H and O–H groups in total. The number of piperazine rings is 1. The molecule has 1 saturated heterocycles. The molecule has 0 saturated carbocycles. The highest BCUT2D eigenvalue weighted by molar-refractivity contribution is 6.33. The molecule has 1 fully saturated rings. The summed E-state index contributed by atoms with van der Waals surface area (Å²) in [4.78, 5) is 16.9. The second kappa shape index (κ2) is 8.37. The van der Waals surface area contributed by atoms with Crippen LogP contribution in [0.4, 0.5) is 0 Å². The molecule has 132 valence electrons. The van der Waals surface area contributed by atoms with E-state index in [4.69, 9.17) is 16.3 Å². The summed E-state index contributed by atoms with van der Waals surface area (Å²) in [6, 6.07) is 15.4. The van der Waals surface area contributed by atoms with Crippen LogP contribution in [-0.2, 0) is 6.42 Å². The quantitative estimate of drug-likeness (QED) is 0.821. The topological polar surface area (TPSA) is 32.8 Å². The molecule has 25 heavy (non-hydrogen) atoms. The molecule has 0 aromatic heterocycles. The van der Waals surface area contributed by atoms with Crippen LogP contribution in [0.3, 0.4) is 0 Å². The molecule has 5 heteroatoms. The molecule has 1 amide bonds. The minimum absolute atomic E-state index is 0.0231. The first kappa shape index (κ1) is 17.8. The van der Waals surface area contributed by atoms with Crippen molar-refractivity contribution in [3.8, 4) is 5.75 Å². The Balaban J connectivity index is 1.52. The maximum absolute atomic E-state index is 12.6. The Bertz CT molecular complexity index is 727. The van der Waals surface area contributed by atoms with E-state index in [0.717, 1.165) is 44.9 Å². The molecule has 0 bridgehead atoms. The second-order valence-electron chi connectivity index (χ2n) is 6.18. The first-order valence-electron chi connectivity index (χ1n) is 8.57. The highest BCUT2D eigenvalue weighted by Gasteiger charge is 2.23. The van der Waals surface area contributed by atoms with Crippen molar-refractivity contribution in [2.75, 3.05) is 39.8 Å². The highest BCUT2D eigenvalue weighted by Crippen LogP contribution is 2.20. The van der Waals surface area contributed by atoms with Crippen molar-refractivity contribution >= 4 is 17.5 Å². The lowest BCUT2D eigenvalue weighted by Crippen LogP contribution is -2.49. The number of carbonyl (C=O) groups excluding carboxylic acids is 1. The molecule has 2 aromatic rings. The third-order valence-corrected chi connectivity index (χ3v) is 4.98. The van der Waals surface area contributed by atoms with E-state index in [-0.39, 0.29) is 5.91 Å². The van der Waals surface area contributed by atoms with Gasteiger partial charge < -0.3 is 9.64 Å². The Morgan fingerprint density at radius 2 is 1.72 bits per heavy atom. The molecule has 1 heterocycles.